The zero-order valence-electron chi connectivity index (χ0n) is 11.5. The van der Waals surface area contributed by atoms with Gasteiger partial charge in [-0.3, -0.25) is 0 Å². The fraction of sp³-hybridized carbons (Fsp3) is 0.312. The van der Waals surface area contributed by atoms with E-state index in [4.69, 9.17) is 4.74 Å². The minimum absolute atomic E-state index is 0.204. The number of aromatic nitrogens is 1. The molecular weight excluding hydrogens is 238 g/mol. The molecular formula is C16H20NO2+. The highest BCUT2D eigenvalue weighted by Crippen LogP contribution is 2.26. The highest BCUT2D eigenvalue weighted by molar-refractivity contribution is 5.38. The van der Waals surface area contributed by atoms with Crippen LogP contribution in [-0.2, 0) is 13.5 Å². The number of rotatable bonds is 5. The Bertz CT molecular complexity index is 538. The average Bonchev–Trinajstić information content (AvgIpc) is 2.43. The summed E-state index contributed by atoms with van der Waals surface area (Å²) in [5, 5.41) is 9.79. The molecule has 0 radical (unpaired) electrons. The fourth-order valence-corrected chi connectivity index (χ4v) is 1.99. The molecule has 1 heterocycles. The van der Waals surface area contributed by atoms with E-state index in [0.717, 1.165) is 18.5 Å². The molecule has 100 valence electrons. The predicted molar refractivity (Wildman–Crippen MR) is 74.3 cm³/mol. The summed E-state index contributed by atoms with van der Waals surface area (Å²) in [5.74, 6) is 0.786. The van der Waals surface area contributed by atoms with Crippen LogP contribution in [0.25, 0.3) is 0 Å². The van der Waals surface area contributed by atoms with Crippen LogP contribution >= 0.6 is 0 Å². The Morgan fingerprint density at radius 2 is 1.89 bits per heavy atom. The van der Waals surface area contributed by atoms with Gasteiger partial charge in [0.25, 0.3) is 0 Å². The Morgan fingerprint density at radius 1 is 1.16 bits per heavy atom. The van der Waals surface area contributed by atoms with Crippen molar-refractivity contribution in [2.45, 2.75) is 19.8 Å². The molecule has 0 fully saturated rings. The van der Waals surface area contributed by atoms with Crippen molar-refractivity contribution in [3.05, 3.63) is 53.9 Å². The number of hydrogen-bond donors (Lipinski definition) is 1. The highest BCUT2D eigenvalue weighted by atomic mass is 16.5. The van der Waals surface area contributed by atoms with Crippen molar-refractivity contribution in [1.29, 1.82) is 0 Å². The van der Waals surface area contributed by atoms with E-state index in [2.05, 4.69) is 12.1 Å². The normalized spacial score (nSPS) is 10.4. The lowest BCUT2D eigenvalue weighted by Crippen LogP contribution is -2.31. The number of aromatic hydroxyl groups is 1. The molecule has 0 unspecified atom stereocenters. The average molecular weight is 258 g/mol. The minimum Gasteiger partial charge on any atom is -0.504 e. The second-order valence-corrected chi connectivity index (χ2v) is 4.66. The summed E-state index contributed by atoms with van der Waals surface area (Å²) < 4.78 is 7.64. The van der Waals surface area contributed by atoms with Crippen LogP contribution in [0.2, 0.25) is 0 Å². The van der Waals surface area contributed by atoms with Crippen molar-refractivity contribution >= 4 is 0 Å². The molecule has 0 amide bonds. The zero-order valence-corrected chi connectivity index (χ0v) is 11.5. The second kappa shape index (κ2) is 6.23. The Kier molecular flexibility index (Phi) is 4.39. The summed E-state index contributed by atoms with van der Waals surface area (Å²) in [6.07, 6.45) is 3.74. The quantitative estimate of drug-likeness (QED) is 0.660. The lowest BCUT2D eigenvalue weighted by Gasteiger charge is -2.09. The van der Waals surface area contributed by atoms with E-state index in [1.807, 2.05) is 42.9 Å². The summed E-state index contributed by atoms with van der Waals surface area (Å²) in [6, 6.07) is 12.0. The smallest absolute Gasteiger partial charge is 0.228 e. The maximum Gasteiger partial charge on any atom is 0.228 e. The van der Waals surface area contributed by atoms with Gasteiger partial charge in [0.05, 0.1) is 6.61 Å². The van der Waals surface area contributed by atoms with Gasteiger partial charge in [-0.15, -0.1) is 0 Å². The molecule has 1 N–H and O–H groups in total. The van der Waals surface area contributed by atoms with E-state index in [1.54, 1.807) is 6.07 Å². The number of aryl methyl sites for hydroxylation is 2. The highest BCUT2D eigenvalue weighted by Gasteiger charge is 2.14. The SMILES string of the molecule is Cc1c(OCCCc2ccccc2)c(O)cc[n+]1C. The Labute approximate surface area is 114 Å². The largest absolute Gasteiger partial charge is 0.504 e. The van der Waals surface area contributed by atoms with Gasteiger partial charge in [0, 0.05) is 13.0 Å². The van der Waals surface area contributed by atoms with Crippen LogP contribution in [-0.4, -0.2) is 11.7 Å². The minimum atomic E-state index is 0.204. The first-order chi connectivity index (χ1) is 9.18. The molecule has 0 aliphatic heterocycles. The van der Waals surface area contributed by atoms with Gasteiger partial charge in [-0.25, -0.2) is 4.57 Å². The number of ether oxygens (including phenoxy) is 1. The van der Waals surface area contributed by atoms with E-state index < -0.39 is 0 Å². The van der Waals surface area contributed by atoms with E-state index in [0.29, 0.717) is 12.4 Å². The van der Waals surface area contributed by atoms with Gasteiger partial charge in [0.1, 0.15) is 7.05 Å². The monoisotopic (exact) mass is 258 g/mol. The van der Waals surface area contributed by atoms with Crippen LogP contribution in [0, 0.1) is 6.92 Å². The molecule has 0 saturated heterocycles. The number of pyridine rings is 1. The molecule has 0 spiro atoms. The third-order valence-corrected chi connectivity index (χ3v) is 3.25. The number of hydrogen-bond acceptors (Lipinski definition) is 2. The lowest BCUT2D eigenvalue weighted by atomic mass is 10.1. The summed E-state index contributed by atoms with van der Waals surface area (Å²) >= 11 is 0. The molecule has 19 heavy (non-hydrogen) atoms. The van der Waals surface area contributed by atoms with Crippen molar-refractivity contribution in [3.8, 4) is 11.5 Å². The number of nitrogens with zero attached hydrogens (tertiary/aromatic N) is 1. The summed E-state index contributed by atoms with van der Waals surface area (Å²) in [7, 11) is 1.94. The van der Waals surface area contributed by atoms with Crippen molar-refractivity contribution in [3.63, 3.8) is 0 Å². The Hall–Kier alpha value is -2.03. The van der Waals surface area contributed by atoms with Crippen LogP contribution in [0.5, 0.6) is 11.5 Å². The van der Waals surface area contributed by atoms with Crippen molar-refractivity contribution in [1.82, 2.24) is 0 Å². The Morgan fingerprint density at radius 3 is 2.63 bits per heavy atom. The molecule has 3 heteroatoms. The Balaban J connectivity index is 1.88. The molecule has 2 rings (SSSR count). The lowest BCUT2D eigenvalue weighted by molar-refractivity contribution is -0.678. The molecule has 2 aromatic rings. The van der Waals surface area contributed by atoms with E-state index in [1.165, 1.54) is 5.56 Å². The van der Waals surface area contributed by atoms with Gasteiger partial charge in [0.2, 0.25) is 11.4 Å². The van der Waals surface area contributed by atoms with Gasteiger partial charge in [-0.05, 0) is 18.4 Å². The van der Waals surface area contributed by atoms with Gasteiger partial charge in [-0.2, -0.15) is 0 Å². The van der Waals surface area contributed by atoms with Gasteiger partial charge >= 0.3 is 0 Å². The maximum absolute atomic E-state index is 9.79. The second-order valence-electron chi connectivity index (χ2n) is 4.66. The molecule has 0 aliphatic rings. The first-order valence-electron chi connectivity index (χ1n) is 6.53. The standard InChI is InChI=1S/C16H19NO2/c1-13-16(15(18)10-11-17(13)2)19-12-6-9-14-7-4-3-5-8-14/h3-5,7-8,10-11H,6,9,12H2,1-2H3/p+1. The van der Waals surface area contributed by atoms with Crippen molar-refractivity contribution in [2.24, 2.45) is 7.05 Å². The van der Waals surface area contributed by atoms with Crippen molar-refractivity contribution < 1.29 is 14.4 Å². The first kappa shape index (κ1) is 13.4. The van der Waals surface area contributed by atoms with Crippen LogP contribution in [0.15, 0.2) is 42.6 Å². The van der Waals surface area contributed by atoms with E-state index in [9.17, 15) is 5.11 Å². The summed E-state index contributed by atoms with van der Waals surface area (Å²) in [4.78, 5) is 0. The van der Waals surface area contributed by atoms with E-state index in [-0.39, 0.29) is 5.75 Å². The van der Waals surface area contributed by atoms with Crippen LogP contribution in [0.4, 0.5) is 0 Å². The summed E-state index contributed by atoms with van der Waals surface area (Å²) in [5.41, 5.74) is 2.24. The molecule has 0 saturated carbocycles. The summed E-state index contributed by atoms with van der Waals surface area (Å²) in [6.45, 7) is 2.54. The fourth-order valence-electron chi connectivity index (χ4n) is 1.99. The maximum atomic E-state index is 9.79. The van der Waals surface area contributed by atoms with Gasteiger partial charge < -0.3 is 9.84 Å². The molecule has 3 nitrogen and oxygen atoms in total. The molecule has 0 bridgehead atoms. The van der Waals surface area contributed by atoms with E-state index >= 15 is 0 Å². The number of benzene rings is 1. The van der Waals surface area contributed by atoms with Crippen LogP contribution in [0.3, 0.4) is 0 Å². The third-order valence-electron chi connectivity index (χ3n) is 3.25. The van der Waals surface area contributed by atoms with Crippen LogP contribution < -0.4 is 9.30 Å². The third kappa shape index (κ3) is 3.47. The predicted octanol–water partition coefficient (Wildman–Crippen LogP) is 2.54. The molecule has 0 aliphatic carbocycles. The van der Waals surface area contributed by atoms with Gasteiger partial charge in [-0.1, -0.05) is 30.3 Å². The first-order valence-corrected chi connectivity index (χ1v) is 6.53. The zero-order chi connectivity index (χ0) is 13.7. The van der Waals surface area contributed by atoms with Gasteiger partial charge in [0.15, 0.2) is 11.9 Å². The van der Waals surface area contributed by atoms with Crippen LogP contribution in [0.1, 0.15) is 17.7 Å². The molecule has 1 aromatic carbocycles. The topological polar surface area (TPSA) is 33.3 Å². The molecule has 0 atom stereocenters. The molecule has 1 aromatic heterocycles. The van der Waals surface area contributed by atoms with Crippen molar-refractivity contribution in [2.75, 3.05) is 6.61 Å².